The minimum absolute atomic E-state index is 0.487. The molecule has 0 saturated heterocycles. The Morgan fingerprint density at radius 2 is 2.05 bits per heavy atom. The standard InChI is InChI=1S/C15H18ClIN2S/c16-11-4-5-13(12(17)8-11)19-14-18-9-15(10-20-14)6-2-1-3-7-15/h4-5,8H,1-3,6-7,9-10H2,(H,18,19). The summed E-state index contributed by atoms with van der Waals surface area (Å²) in [7, 11) is 0. The van der Waals surface area contributed by atoms with Crippen LogP contribution >= 0.6 is 46.0 Å². The number of rotatable bonds is 1. The molecule has 2 nitrogen and oxygen atoms in total. The Morgan fingerprint density at radius 1 is 1.25 bits per heavy atom. The van der Waals surface area contributed by atoms with E-state index >= 15 is 0 Å². The van der Waals surface area contributed by atoms with Gasteiger partial charge in [-0.1, -0.05) is 42.6 Å². The highest BCUT2D eigenvalue weighted by atomic mass is 127. The average molecular weight is 421 g/mol. The molecule has 0 atom stereocenters. The number of hydrogen-bond donors (Lipinski definition) is 1. The fraction of sp³-hybridized carbons (Fsp3) is 0.533. The zero-order chi connectivity index (χ0) is 14.0. The fourth-order valence-electron chi connectivity index (χ4n) is 2.94. The first-order chi connectivity index (χ1) is 9.67. The zero-order valence-electron chi connectivity index (χ0n) is 11.3. The topological polar surface area (TPSA) is 24.4 Å². The molecule has 1 aliphatic heterocycles. The van der Waals surface area contributed by atoms with Gasteiger partial charge in [0.1, 0.15) is 0 Å². The maximum absolute atomic E-state index is 5.99. The molecule has 1 spiro atoms. The van der Waals surface area contributed by atoms with Crippen molar-refractivity contribution >= 4 is 56.8 Å². The van der Waals surface area contributed by atoms with Gasteiger partial charge in [-0.15, -0.1) is 0 Å². The van der Waals surface area contributed by atoms with Crippen molar-refractivity contribution in [3.8, 4) is 0 Å². The number of amidine groups is 1. The largest absolute Gasteiger partial charge is 0.334 e. The van der Waals surface area contributed by atoms with Crippen LogP contribution in [0.2, 0.25) is 5.02 Å². The Kier molecular flexibility index (Phi) is 4.82. The number of nitrogens with zero attached hydrogens (tertiary/aromatic N) is 1. The van der Waals surface area contributed by atoms with Crippen molar-refractivity contribution in [1.82, 2.24) is 0 Å². The van der Waals surface area contributed by atoms with Gasteiger partial charge in [0.25, 0.3) is 0 Å². The van der Waals surface area contributed by atoms with E-state index in [9.17, 15) is 0 Å². The van der Waals surface area contributed by atoms with Crippen LogP contribution in [0.5, 0.6) is 0 Å². The predicted octanol–water partition coefficient (Wildman–Crippen LogP) is 5.41. The van der Waals surface area contributed by atoms with Crippen LogP contribution in [0.15, 0.2) is 23.2 Å². The van der Waals surface area contributed by atoms with Gasteiger partial charge in [0.05, 0.1) is 5.69 Å². The van der Waals surface area contributed by atoms with Crippen molar-refractivity contribution in [2.24, 2.45) is 10.4 Å². The van der Waals surface area contributed by atoms with E-state index in [4.69, 9.17) is 16.6 Å². The van der Waals surface area contributed by atoms with Crippen molar-refractivity contribution in [3.63, 3.8) is 0 Å². The average Bonchev–Trinajstić information content (AvgIpc) is 2.45. The van der Waals surface area contributed by atoms with Gasteiger partial charge >= 0.3 is 0 Å². The van der Waals surface area contributed by atoms with Crippen LogP contribution in [0.4, 0.5) is 5.69 Å². The molecule has 0 bridgehead atoms. The lowest BCUT2D eigenvalue weighted by Crippen LogP contribution is -2.35. The Balaban J connectivity index is 1.67. The van der Waals surface area contributed by atoms with Gasteiger partial charge in [-0.25, -0.2) is 0 Å². The van der Waals surface area contributed by atoms with Crippen LogP contribution in [-0.2, 0) is 0 Å². The van der Waals surface area contributed by atoms with E-state index in [2.05, 4.69) is 27.9 Å². The minimum Gasteiger partial charge on any atom is -0.334 e. The lowest BCUT2D eigenvalue weighted by Gasteiger charge is -2.38. The summed E-state index contributed by atoms with van der Waals surface area (Å²) < 4.78 is 1.14. The molecule has 1 N–H and O–H groups in total. The molecule has 0 unspecified atom stereocenters. The molecule has 1 saturated carbocycles. The summed E-state index contributed by atoms with van der Waals surface area (Å²) in [5.41, 5.74) is 1.59. The molecule has 0 radical (unpaired) electrons. The number of aliphatic imine (C=N–C) groups is 1. The normalized spacial score (nSPS) is 21.6. The van der Waals surface area contributed by atoms with Gasteiger partial charge in [-0.3, -0.25) is 4.99 Å². The monoisotopic (exact) mass is 420 g/mol. The molecular formula is C15H18ClIN2S. The van der Waals surface area contributed by atoms with E-state index in [-0.39, 0.29) is 0 Å². The number of nitrogens with one attached hydrogen (secondary N) is 1. The van der Waals surface area contributed by atoms with Gasteiger partial charge in [-0.05, 0) is 59.0 Å². The second-order valence-electron chi connectivity index (χ2n) is 5.72. The Morgan fingerprint density at radius 3 is 2.70 bits per heavy atom. The molecule has 1 heterocycles. The van der Waals surface area contributed by atoms with Gasteiger partial charge < -0.3 is 5.32 Å². The van der Waals surface area contributed by atoms with Crippen molar-refractivity contribution in [3.05, 3.63) is 26.8 Å². The molecule has 5 heteroatoms. The number of hydrogen-bond acceptors (Lipinski definition) is 3. The molecule has 108 valence electrons. The molecule has 1 aliphatic carbocycles. The third-order valence-electron chi connectivity index (χ3n) is 4.16. The number of halogens is 2. The van der Waals surface area contributed by atoms with Crippen molar-refractivity contribution < 1.29 is 0 Å². The first kappa shape index (κ1) is 15.0. The molecule has 1 aromatic rings. The number of benzene rings is 1. The second kappa shape index (κ2) is 6.44. The van der Waals surface area contributed by atoms with Gasteiger partial charge in [0.2, 0.25) is 0 Å². The number of anilines is 1. The summed E-state index contributed by atoms with van der Waals surface area (Å²) in [5, 5.41) is 5.28. The zero-order valence-corrected chi connectivity index (χ0v) is 15.0. The highest BCUT2D eigenvalue weighted by Gasteiger charge is 2.34. The highest BCUT2D eigenvalue weighted by molar-refractivity contribution is 14.1. The molecule has 1 aromatic carbocycles. The summed E-state index contributed by atoms with van der Waals surface area (Å²) in [6.45, 7) is 0.993. The van der Waals surface area contributed by atoms with Crippen LogP contribution in [0.3, 0.4) is 0 Å². The van der Waals surface area contributed by atoms with Crippen LogP contribution < -0.4 is 5.32 Å². The number of thioether (sulfide) groups is 1. The van der Waals surface area contributed by atoms with Crippen LogP contribution in [0.1, 0.15) is 32.1 Å². The third-order valence-corrected chi connectivity index (χ3v) is 6.55. The molecule has 1 fully saturated rings. The smallest absolute Gasteiger partial charge is 0.161 e. The van der Waals surface area contributed by atoms with Crippen LogP contribution in [-0.4, -0.2) is 17.5 Å². The molecule has 0 aromatic heterocycles. The SMILES string of the molecule is Clc1ccc(NC2=NCC3(CCCCC3)CS2)c(I)c1. The maximum atomic E-state index is 5.99. The quantitative estimate of drug-likeness (QED) is 0.614. The summed E-state index contributed by atoms with van der Waals surface area (Å²) >= 11 is 10.2. The summed E-state index contributed by atoms with van der Waals surface area (Å²) in [6, 6.07) is 5.92. The maximum Gasteiger partial charge on any atom is 0.161 e. The summed E-state index contributed by atoms with van der Waals surface area (Å²) in [6.07, 6.45) is 6.89. The first-order valence-electron chi connectivity index (χ1n) is 7.06. The summed E-state index contributed by atoms with van der Waals surface area (Å²) in [5.74, 6) is 1.21. The first-order valence-corrected chi connectivity index (χ1v) is 9.51. The van der Waals surface area contributed by atoms with Gasteiger partial charge in [0.15, 0.2) is 5.17 Å². The van der Waals surface area contributed by atoms with E-state index in [1.54, 1.807) is 0 Å². The van der Waals surface area contributed by atoms with E-state index in [1.165, 1.54) is 37.9 Å². The Bertz CT molecular complexity index is 527. The third kappa shape index (κ3) is 3.45. The second-order valence-corrected chi connectivity index (χ2v) is 8.28. The van der Waals surface area contributed by atoms with Crippen LogP contribution in [0, 0.1) is 8.99 Å². The van der Waals surface area contributed by atoms with Crippen molar-refractivity contribution in [2.45, 2.75) is 32.1 Å². The summed E-state index contributed by atoms with van der Waals surface area (Å²) in [4.78, 5) is 4.80. The van der Waals surface area contributed by atoms with E-state index in [1.807, 2.05) is 30.0 Å². The predicted molar refractivity (Wildman–Crippen MR) is 98.1 cm³/mol. The fourth-order valence-corrected chi connectivity index (χ4v) is 5.11. The minimum atomic E-state index is 0.487. The molecule has 3 rings (SSSR count). The molecular weight excluding hydrogens is 403 g/mol. The lowest BCUT2D eigenvalue weighted by atomic mass is 9.75. The molecule has 20 heavy (non-hydrogen) atoms. The molecule has 0 amide bonds. The highest BCUT2D eigenvalue weighted by Crippen LogP contribution is 2.42. The van der Waals surface area contributed by atoms with Crippen molar-refractivity contribution in [1.29, 1.82) is 0 Å². The lowest BCUT2D eigenvalue weighted by molar-refractivity contribution is 0.232. The van der Waals surface area contributed by atoms with E-state index in [0.29, 0.717) is 5.41 Å². The van der Waals surface area contributed by atoms with E-state index < -0.39 is 0 Å². The van der Waals surface area contributed by atoms with Gasteiger partial charge in [-0.2, -0.15) is 0 Å². The Hall–Kier alpha value is 0.0600. The van der Waals surface area contributed by atoms with Crippen molar-refractivity contribution in [2.75, 3.05) is 17.6 Å². The molecule has 2 aliphatic rings. The van der Waals surface area contributed by atoms with Crippen LogP contribution in [0.25, 0.3) is 0 Å². The van der Waals surface area contributed by atoms with E-state index in [0.717, 1.165) is 26.0 Å². The van der Waals surface area contributed by atoms with Gasteiger partial charge in [0, 0.05) is 20.9 Å². The Labute approximate surface area is 143 Å².